The molecule has 0 aliphatic rings. The summed E-state index contributed by atoms with van der Waals surface area (Å²) in [6.45, 7) is 4.92. The minimum absolute atomic E-state index is 0.0591. The SMILES string of the molecule is CCCS(=O)(=O)Nc1ccc(S(=O)(=O)NC(C)(C)CN)cc1F. The molecule has 0 bridgehead atoms. The molecule has 1 aromatic rings. The van der Waals surface area contributed by atoms with Gasteiger partial charge in [-0.2, -0.15) is 0 Å². The van der Waals surface area contributed by atoms with Gasteiger partial charge in [0.25, 0.3) is 0 Å². The van der Waals surface area contributed by atoms with Crippen LogP contribution in [-0.2, 0) is 20.0 Å². The highest BCUT2D eigenvalue weighted by Gasteiger charge is 2.26. The summed E-state index contributed by atoms with van der Waals surface area (Å²) in [6.07, 6.45) is 0.376. The molecule has 0 atom stereocenters. The van der Waals surface area contributed by atoms with E-state index in [0.717, 1.165) is 18.2 Å². The van der Waals surface area contributed by atoms with Gasteiger partial charge >= 0.3 is 0 Å². The van der Waals surface area contributed by atoms with E-state index in [-0.39, 0.29) is 22.9 Å². The lowest BCUT2D eigenvalue weighted by Gasteiger charge is -2.24. The Bertz CT molecular complexity index is 761. The van der Waals surface area contributed by atoms with E-state index in [1.54, 1.807) is 20.8 Å². The Kier molecular flexibility index (Phi) is 6.13. The monoisotopic (exact) mass is 367 g/mol. The van der Waals surface area contributed by atoms with Crippen molar-refractivity contribution >= 4 is 25.7 Å². The van der Waals surface area contributed by atoms with E-state index in [1.807, 2.05) is 0 Å². The predicted octanol–water partition coefficient (Wildman–Crippen LogP) is 0.993. The van der Waals surface area contributed by atoms with Gasteiger partial charge in [0.1, 0.15) is 5.82 Å². The molecule has 0 saturated carbocycles. The summed E-state index contributed by atoms with van der Waals surface area (Å²) in [6, 6.07) is 2.97. The van der Waals surface area contributed by atoms with Crippen LogP contribution in [0.3, 0.4) is 0 Å². The highest BCUT2D eigenvalue weighted by Crippen LogP contribution is 2.21. The van der Waals surface area contributed by atoms with E-state index >= 15 is 0 Å². The molecule has 0 saturated heterocycles. The lowest BCUT2D eigenvalue weighted by Crippen LogP contribution is -2.48. The summed E-state index contributed by atoms with van der Waals surface area (Å²) < 4.78 is 66.1. The van der Waals surface area contributed by atoms with Gasteiger partial charge < -0.3 is 5.73 Å². The molecule has 7 nitrogen and oxygen atoms in total. The standard InChI is InChI=1S/C13H22FN3O4S2/c1-4-7-22(18,19)16-12-6-5-10(8-11(12)14)23(20,21)17-13(2,3)9-15/h5-6,8,16-17H,4,7,9,15H2,1-3H3. The minimum atomic E-state index is -3.97. The van der Waals surface area contributed by atoms with Crippen LogP contribution in [0.15, 0.2) is 23.1 Å². The Morgan fingerprint density at radius 1 is 1.22 bits per heavy atom. The van der Waals surface area contributed by atoms with E-state index in [1.165, 1.54) is 0 Å². The molecule has 0 radical (unpaired) electrons. The van der Waals surface area contributed by atoms with Gasteiger partial charge in [-0.15, -0.1) is 0 Å². The molecule has 0 aromatic heterocycles. The molecule has 4 N–H and O–H groups in total. The van der Waals surface area contributed by atoms with Gasteiger partial charge in [0.15, 0.2) is 0 Å². The van der Waals surface area contributed by atoms with Gasteiger partial charge in [-0.05, 0) is 38.5 Å². The van der Waals surface area contributed by atoms with Gasteiger partial charge in [0.05, 0.1) is 16.3 Å². The summed E-state index contributed by atoms with van der Waals surface area (Å²) in [5.41, 5.74) is 4.28. The second-order valence-corrected chi connectivity index (χ2v) is 9.28. The van der Waals surface area contributed by atoms with Crippen LogP contribution in [0, 0.1) is 5.82 Å². The van der Waals surface area contributed by atoms with Crippen LogP contribution in [0.1, 0.15) is 27.2 Å². The second kappa shape index (κ2) is 7.12. The third-order valence-corrected chi connectivity index (χ3v) is 6.08. The maximum absolute atomic E-state index is 14.0. The molecule has 0 fully saturated rings. The van der Waals surface area contributed by atoms with Crippen molar-refractivity contribution in [3.63, 3.8) is 0 Å². The molecule has 10 heteroatoms. The van der Waals surface area contributed by atoms with E-state index in [4.69, 9.17) is 5.73 Å². The summed E-state index contributed by atoms with van der Waals surface area (Å²) in [4.78, 5) is -0.310. The lowest BCUT2D eigenvalue weighted by molar-refractivity contribution is 0.462. The first kappa shape index (κ1) is 19.8. The molecular weight excluding hydrogens is 345 g/mol. The Labute approximate surface area is 136 Å². The molecule has 0 heterocycles. The highest BCUT2D eigenvalue weighted by molar-refractivity contribution is 7.92. The van der Waals surface area contributed by atoms with Gasteiger partial charge in [0.2, 0.25) is 20.0 Å². The maximum Gasteiger partial charge on any atom is 0.241 e. The van der Waals surface area contributed by atoms with Crippen molar-refractivity contribution in [2.24, 2.45) is 5.73 Å². The summed E-state index contributed by atoms with van der Waals surface area (Å²) in [7, 11) is -7.63. The average Bonchev–Trinajstić information content (AvgIpc) is 2.39. The molecule has 23 heavy (non-hydrogen) atoms. The van der Waals surface area contributed by atoms with Crippen molar-refractivity contribution in [2.45, 2.75) is 37.6 Å². The average molecular weight is 367 g/mol. The zero-order valence-electron chi connectivity index (χ0n) is 13.3. The predicted molar refractivity (Wildman–Crippen MR) is 87.6 cm³/mol. The quantitative estimate of drug-likeness (QED) is 0.633. The summed E-state index contributed by atoms with van der Waals surface area (Å²) >= 11 is 0. The normalized spacial score (nSPS) is 13.1. The van der Waals surface area contributed by atoms with Gasteiger partial charge in [-0.25, -0.2) is 25.9 Å². The first-order chi connectivity index (χ1) is 10.4. The molecule has 132 valence electrons. The van der Waals surface area contributed by atoms with Gasteiger partial charge in [-0.3, -0.25) is 4.72 Å². The van der Waals surface area contributed by atoms with Crippen molar-refractivity contribution in [1.29, 1.82) is 0 Å². The van der Waals surface area contributed by atoms with E-state index in [2.05, 4.69) is 9.44 Å². The Morgan fingerprint density at radius 3 is 2.30 bits per heavy atom. The molecule has 0 aliphatic heterocycles. The Hall–Kier alpha value is -1.23. The smallest absolute Gasteiger partial charge is 0.241 e. The van der Waals surface area contributed by atoms with Crippen molar-refractivity contribution in [1.82, 2.24) is 4.72 Å². The highest BCUT2D eigenvalue weighted by atomic mass is 32.2. The van der Waals surface area contributed by atoms with Crippen LogP contribution >= 0.6 is 0 Å². The topological polar surface area (TPSA) is 118 Å². The number of nitrogens with one attached hydrogen (secondary N) is 2. The number of sulfonamides is 2. The van der Waals surface area contributed by atoms with Crippen LogP contribution < -0.4 is 15.2 Å². The Balaban J connectivity index is 3.09. The number of nitrogens with two attached hydrogens (primary N) is 1. The number of hydrogen-bond donors (Lipinski definition) is 3. The molecule has 0 amide bonds. The zero-order chi connectivity index (χ0) is 17.9. The molecule has 1 rings (SSSR count). The van der Waals surface area contributed by atoms with E-state index in [0.29, 0.717) is 6.42 Å². The van der Waals surface area contributed by atoms with Crippen molar-refractivity contribution in [3.05, 3.63) is 24.0 Å². The molecule has 0 spiro atoms. The Morgan fingerprint density at radius 2 is 1.83 bits per heavy atom. The number of benzene rings is 1. The van der Waals surface area contributed by atoms with Crippen LogP contribution in [0.5, 0.6) is 0 Å². The molecular formula is C13H22FN3O4S2. The molecule has 0 aliphatic carbocycles. The summed E-state index contributed by atoms with van der Waals surface area (Å²) in [5, 5.41) is 0. The number of hydrogen-bond acceptors (Lipinski definition) is 5. The van der Waals surface area contributed by atoms with Crippen LogP contribution in [-0.4, -0.2) is 34.7 Å². The third-order valence-electron chi connectivity index (χ3n) is 2.91. The fourth-order valence-corrected chi connectivity index (χ4v) is 4.27. The van der Waals surface area contributed by atoms with Crippen molar-refractivity contribution < 1.29 is 21.2 Å². The fourth-order valence-electron chi connectivity index (χ4n) is 1.70. The number of rotatable bonds is 8. The van der Waals surface area contributed by atoms with Crippen LogP contribution in [0.2, 0.25) is 0 Å². The van der Waals surface area contributed by atoms with Gasteiger partial charge in [0, 0.05) is 12.1 Å². The molecule has 1 aromatic carbocycles. The van der Waals surface area contributed by atoms with Crippen LogP contribution in [0.4, 0.5) is 10.1 Å². The number of anilines is 1. The fraction of sp³-hybridized carbons (Fsp3) is 0.538. The third kappa shape index (κ3) is 5.72. The molecule has 0 unspecified atom stereocenters. The first-order valence-electron chi connectivity index (χ1n) is 6.96. The second-order valence-electron chi connectivity index (χ2n) is 5.76. The zero-order valence-corrected chi connectivity index (χ0v) is 14.9. The largest absolute Gasteiger partial charge is 0.329 e. The van der Waals surface area contributed by atoms with Crippen molar-refractivity contribution in [3.8, 4) is 0 Å². The van der Waals surface area contributed by atoms with E-state index < -0.39 is 31.4 Å². The van der Waals surface area contributed by atoms with Gasteiger partial charge in [-0.1, -0.05) is 6.92 Å². The first-order valence-corrected chi connectivity index (χ1v) is 10.1. The van der Waals surface area contributed by atoms with E-state index in [9.17, 15) is 21.2 Å². The maximum atomic E-state index is 14.0. The van der Waals surface area contributed by atoms with Crippen molar-refractivity contribution in [2.75, 3.05) is 17.0 Å². The summed E-state index contributed by atoms with van der Waals surface area (Å²) in [5.74, 6) is -1.13. The number of halogens is 1. The van der Waals surface area contributed by atoms with Crippen LogP contribution in [0.25, 0.3) is 0 Å². The lowest BCUT2D eigenvalue weighted by atomic mass is 10.1. The minimum Gasteiger partial charge on any atom is -0.329 e.